The van der Waals surface area contributed by atoms with Crippen LogP contribution in [0.1, 0.15) is 23.7 Å². The van der Waals surface area contributed by atoms with Crippen LogP contribution in [0.3, 0.4) is 0 Å². The standard InChI is InChI=1S/C13H16ClN3O3/c1-2-16(11-3-4-15-8-11)13(18)9-5-10(14)7-12(6-9)17(19)20/h5-7,11,15H,2-4,8H2,1H3. The van der Waals surface area contributed by atoms with Crippen LogP contribution >= 0.6 is 11.6 Å². The van der Waals surface area contributed by atoms with Crippen molar-refractivity contribution in [3.63, 3.8) is 0 Å². The van der Waals surface area contributed by atoms with E-state index in [9.17, 15) is 14.9 Å². The largest absolute Gasteiger partial charge is 0.335 e. The predicted octanol–water partition coefficient (Wildman–Crippen LogP) is 2.07. The van der Waals surface area contributed by atoms with Gasteiger partial charge in [-0.05, 0) is 26.0 Å². The van der Waals surface area contributed by atoms with Crippen LogP contribution in [-0.2, 0) is 0 Å². The van der Waals surface area contributed by atoms with Crippen molar-refractivity contribution >= 4 is 23.2 Å². The van der Waals surface area contributed by atoms with Crippen molar-refractivity contribution in [2.75, 3.05) is 19.6 Å². The van der Waals surface area contributed by atoms with E-state index >= 15 is 0 Å². The highest BCUT2D eigenvalue weighted by atomic mass is 35.5. The van der Waals surface area contributed by atoms with Crippen LogP contribution in [0.4, 0.5) is 5.69 Å². The van der Waals surface area contributed by atoms with Crippen LogP contribution in [0.25, 0.3) is 0 Å². The molecule has 0 aromatic heterocycles. The smallest absolute Gasteiger partial charge is 0.271 e. The molecule has 1 unspecified atom stereocenters. The molecule has 0 aliphatic carbocycles. The molecule has 6 nitrogen and oxygen atoms in total. The zero-order valence-electron chi connectivity index (χ0n) is 11.1. The number of nitro benzene ring substituents is 1. The topological polar surface area (TPSA) is 75.5 Å². The minimum absolute atomic E-state index is 0.130. The van der Waals surface area contributed by atoms with Crippen molar-refractivity contribution in [1.29, 1.82) is 0 Å². The monoisotopic (exact) mass is 297 g/mol. The van der Waals surface area contributed by atoms with Crippen LogP contribution in [0, 0.1) is 10.1 Å². The number of likely N-dealkylation sites (N-methyl/N-ethyl adjacent to an activating group) is 1. The van der Waals surface area contributed by atoms with Crippen LogP contribution in [0.2, 0.25) is 5.02 Å². The molecule has 0 bridgehead atoms. The summed E-state index contributed by atoms with van der Waals surface area (Å²) in [5.41, 5.74) is 0.0967. The second-order valence-electron chi connectivity index (χ2n) is 4.69. The van der Waals surface area contributed by atoms with E-state index in [0.29, 0.717) is 6.54 Å². The summed E-state index contributed by atoms with van der Waals surface area (Å²) >= 11 is 5.86. The van der Waals surface area contributed by atoms with E-state index in [0.717, 1.165) is 19.5 Å². The Hall–Kier alpha value is -1.66. The molecular weight excluding hydrogens is 282 g/mol. The maximum atomic E-state index is 12.5. The summed E-state index contributed by atoms with van der Waals surface area (Å²) < 4.78 is 0. The van der Waals surface area contributed by atoms with E-state index in [4.69, 9.17) is 11.6 Å². The van der Waals surface area contributed by atoms with Gasteiger partial charge in [-0.3, -0.25) is 14.9 Å². The van der Waals surface area contributed by atoms with Crippen molar-refractivity contribution in [3.05, 3.63) is 38.9 Å². The molecule has 0 radical (unpaired) electrons. The molecule has 1 aliphatic heterocycles. The number of carbonyl (C=O) groups is 1. The number of amides is 1. The zero-order valence-corrected chi connectivity index (χ0v) is 11.9. The van der Waals surface area contributed by atoms with Gasteiger partial charge in [-0.15, -0.1) is 0 Å². The molecule has 1 aromatic carbocycles. The number of halogens is 1. The Labute approximate surface area is 121 Å². The first-order valence-corrected chi connectivity index (χ1v) is 6.87. The number of rotatable bonds is 4. The van der Waals surface area contributed by atoms with Crippen molar-refractivity contribution in [2.24, 2.45) is 0 Å². The Bertz CT molecular complexity index is 530. The van der Waals surface area contributed by atoms with Crippen LogP contribution in [0.5, 0.6) is 0 Å². The van der Waals surface area contributed by atoms with E-state index in [-0.39, 0.29) is 28.2 Å². The normalized spacial score (nSPS) is 18.0. The first-order chi connectivity index (χ1) is 9.52. The number of benzene rings is 1. The van der Waals surface area contributed by atoms with Gasteiger partial charge >= 0.3 is 0 Å². The van der Waals surface area contributed by atoms with Gasteiger partial charge in [0.05, 0.1) is 4.92 Å². The Morgan fingerprint density at radius 2 is 2.30 bits per heavy atom. The molecule has 7 heteroatoms. The average Bonchev–Trinajstić information content (AvgIpc) is 2.92. The summed E-state index contributed by atoms with van der Waals surface area (Å²) in [5, 5.41) is 14.2. The van der Waals surface area contributed by atoms with Crippen molar-refractivity contribution in [3.8, 4) is 0 Å². The molecule has 1 saturated heterocycles. The quantitative estimate of drug-likeness (QED) is 0.682. The van der Waals surface area contributed by atoms with Crippen molar-refractivity contribution in [2.45, 2.75) is 19.4 Å². The molecule has 0 spiro atoms. The molecular formula is C13H16ClN3O3. The molecule has 108 valence electrons. The second kappa shape index (κ2) is 6.19. The fraction of sp³-hybridized carbons (Fsp3) is 0.462. The number of nitrogens with one attached hydrogen (secondary N) is 1. The Kier molecular flexibility index (Phi) is 4.57. The maximum absolute atomic E-state index is 12.5. The third-order valence-corrected chi connectivity index (χ3v) is 3.64. The summed E-state index contributed by atoms with van der Waals surface area (Å²) in [7, 11) is 0. The first kappa shape index (κ1) is 14.7. The molecule has 0 saturated carbocycles. The zero-order chi connectivity index (χ0) is 14.7. The molecule has 1 aliphatic rings. The molecule has 1 atom stereocenters. The molecule has 1 N–H and O–H groups in total. The minimum atomic E-state index is -0.546. The van der Waals surface area contributed by atoms with Crippen LogP contribution < -0.4 is 5.32 Å². The molecule has 1 aromatic rings. The summed E-state index contributed by atoms with van der Waals surface area (Å²) in [4.78, 5) is 24.5. The number of non-ortho nitro benzene ring substituents is 1. The fourth-order valence-electron chi connectivity index (χ4n) is 2.44. The van der Waals surface area contributed by atoms with Gasteiger partial charge in [0.1, 0.15) is 0 Å². The summed E-state index contributed by atoms with van der Waals surface area (Å²) in [6.45, 7) is 4.09. The Morgan fingerprint density at radius 1 is 1.55 bits per heavy atom. The van der Waals surface area contributed by atoms with Gasteiger partial charge in [-0.25, -0.2) is 0 Å². The SMILES string of the molecule is CCN(C(=O)c1cc(Cl)cc([N+](=O)[O-])c1)C1CCNC1. The molecule has 1 fully saturated rings. The van der Waals surface area contributed by atoms with Gasteiger partial charge in [-0.2, -0.15) is 0 Å². The van der Waals surface area contributed by atoms with Gasteiger partial charge in [-0.1, -0.05) is 11.6 Å². The van der Waals surface area contributed by atoms with Gasteiger partial charge in [0.2, 0.25) is 0 Å². The highest BCUT2D eigenvalue weighted by molar-refractivity contribution is 6.31. The van der Waals surface area contributed by atoms with E-state index < -0.39 is 4.92 Å². The van der Waals surface area contributed by atoms with Gasteiger partial charge < -0.3 is 10.2 Å². The number of nitro groups is 1. The van der Waals surface area contributed by atoms with E-state index in [1.165, 1.54) is 18.2 Å². The number of hydrogen-bond donors (Lipinski definition) is 1. The summed E-state index contributed by atoms with van der Waals surface area (Å²) in [5.74, 6) is -0.216. The minimum Gasteiger partial charge on any atom is -0.335 e. The third-order valence-electron chi connectivity index (χ3n) is 3.42. The highest BCUT2D eigenvalue weighted by Crippen LogP contribution is 2.23. The van der Waals surface area contributed by atoms with Gasteiger partial charge in [0.15, 0.2) is 0 Å². The second-order valence-corrected chi connectivity index (χ2v) is 5.13. The van der Waals surface area contributed by atoms with Crippen molar-refractivity contribution in [1.82, 2.24) is 10.2 Å². The molecule has 20 heavy (non-hydrogen) atoms. The van der Waals surface area contributed by atoms with E-state index in [2.05, 4.69) is 5.32 Å². The number of carbonyl (C=O) groups excluding carboxylic acids is 1. The third kappa shape index (κ3) is 3.08. The first-order valence-electron chi connectivity index (χ1n) is 6.49. The Balaban J connectivity index is 2.29. The molecule has 2 rings (SSSR count). The van der Waals surface area contributed by atoms with Crippen LogP contribution in [-0.4, -0.2) is 41.4 Å². The van der Waals surface area contributed by atoms with E-state index in [1.807, 2.05) is 6.92 Å². The lowest BCUT2D eigenvalue weighted by atomic mass is 10.1. The highest BCUT2D eigenvalue weighted by Gasteiger charge is 2.27. The van der Waals surface area contributed by atoms with Crippen molar-refractivity contribution < 1.29 is 9.72 Å². The van der Waals surface area contributed by atoms with Gasteiger partial charge in [0.25, 0.3) is 11.6 Å². The average molecular weight is 298 g/mol. The predicted molar refractivity (Wildman–Crippen MR) is 76.1 cm³/mol. The molecule has 1 heterocycles. The van der Waals surface area contributed by atoms with Crippen LogP contribution in [0.15, 0.2) is 18.2 Å². The number of nitrogens with zero attached hydrogens (tertiary/aromatic N) is 2. The Morgan fingerprint density at radius 3 is 2.85 bits per heavy atom. The van der Waals surface area contributed by atoms with Gasteiger partial charge in [0, 0.05) is 41.9 Å². The lowest BCUT2D eigenvalue weighted by molar-refractivity contribution is -0.384. The number of hydrogen-bond acceptors (Lipinski definition) is 4. The fourth-order valence-corrected chi connectivity index (χ4v) is 2.67. The van der Waals surface area contributed by atoms with E-state index in [1.54, 1.807) is 4.90 Å². The summed E-state index contributed by atoms with van der Waals surface area (Å²) in [6.07, 6.45) is 0.891. The lowest BCUT2D eigenvalue weighted by Crippen LogP contribution is -2.41. The maximum Gasteiger partial charge on any atom is 0.271 e. The molecule has 1 amide bonds. The summed E-state index contributed by atoms with van der Waals surface area (Å²) in [6, 6.07) is 4.12. The lowest BCUT2D eigenvalue weighted by Gasteiger charge is -2.27.